The lowest BCUT2D eigenvalue weighted by Gasteiger charge is -2.10. The van der Waals surface area contributed by atoms with Crippen molar-refractivity contribution in [3.05, 3.63) is 89.0 Å². The SMILES string of the molecule is N#Cc1ccc(Cn2cncc2Cc2ccccc2C(N)=O)cc1. The van der Waals surface area contributed by atoms with Gasteiger partial charge in [-0.15, -0.1) is 0 Å². The number of hydrogen-bond acceptors (Lipinski definition) is 3. The Morgan fingerprint density at radius 2 is 1.92 bits per heavy atom. The van der Waals surface area contributed by atoms with E-state index in [1.165, 1.54) is 0 Å². The summed E-state index contributed by atoms with van der Waals surface area (Å²) in [5.41, 5.74) is 9.57. The van der Waals surface area contributed by atoms with Gasteiger partial charge in [0.05, 0.1) is 18.0 Å². The first-order valence-corrected chi connectivity index (χ1v) is 7.53. The summed E-state index contributed by atoms with van der Waals surface area (Å²) in [6.07, 6.45) is 4.14. The summed E-state index contributed by atoms with van der Waals surface area (Å²) in [5.74, 6) is -0.427. The lowest BCUT2D eigenvalue weighted by molar-refractivity contribution is 0.0999. The Balaban J connectivity index is 1.83. The normalized spacial score (nSPS) is 10.3. The summed E-state index contributed by atoms with van der Waals surface area (Å²) < 4.78 is 2.03. The number of nitrogens with two attached hydrogens (primary N) is 1. The van der Waals surface area contributed by atoms with Crippen LogP contribution in [0.3, 0.4) is 0 Å². The molecule has 2 aromatic carbocycles. The number of nitriles is 1. The molecule has 2 N–H and O–H groups in total. The molecule has 1 aromatic heterocycles. The molecule has 0 bridgehead atoms. The fourth-order valence-electron chi connectivity index (χ4n) is 2.63. The van der Waals surface area contributed by atoms with Crippen molar-refractivity contribution < 1.29 is 4.79 Å². The predicted octanol–water partition coefficient (Wildman–Crippen LogP) is 2.49. The number of carbonyl (C=O) groups excluding carboxylic acids is 1. The number of hydrogen-bond donors (Lipinski definition) is 1. The standard InChI is InChI=1S/C19H16N4O/c20-10-14-5-7-15(8-6-14)12-23-13-22-11-17(23)9-16-3-1-2-4-18(16)19(21)24/h1-8,11,13H,9,12H2,(H2,21,24). The van der Waals surface area contributed by atoms with E-state index in [1.807, 2.05) is 28.8 Å². The lowest BCUT2D eigenvalue weighted by Crippen LogP contribution is -2.14. The van der Waals surface area contributed by atoms with E-state index in [2.05, 4.69) is 11.1 Å². The Labute approximate surface area is 140 Å². The molecule has 0 radical (unpaired) electrons. The highest BCUT2D eigenvalue weighted by Gasteiger charge is 2.10. The zero-order chi connectivity index (χ0) is 16.9. The van der Waals surface area contributed by atoms with Crippen LogP contribution >= 0.6 is 0 Å². The monoisotopic (exact) mass is 316 g/mol. The fraction of sp³-hybridized carbons (Fsp3) is 0.105. The molecule has 5 heteroatoms. The summed E-state index contributed by atoms with van der Waals surface area (Å²) >= 11 is 0. The van der Waals surface area contributed by atoms with E-state index in [0.717, 1.165) is 16.8 Å². The second-order valence-corrected chi connectivity index (χ2v) is 5.52. The maximum absolute atomic E-state index is 11.6. The van der Waals surface area contributed by atoms with Crippen LogP contribution in [0.15, 0.2) is 61.1 Å². The van der Waals surface area contributed by atoms with Crippen molar-refractivity contribution in [2.24, 2.45) is 5.73 Å². The second-order valence-electron chi connectivity index (χ2n) is 5.52. The van der Waals surface area contributed by atoms with E-state index < -0.39 is 5.91 Å². The number of nitrogens with zero attached hydrogens (tertiary/aromatic N) is 3. The molecule has 3 rings (SSSR count). The van der Waals surface area contributed by atoms with Gasteiger partial charge in [-0.2, -0.15) is 5.26 Å². The molecule has 0 aliphatic rings. The molecule has 0 aliphatic carbocycles. The van der Waals surface area contributed by atoms with Crippen LogP contribution in [0.1, 0.15) is 32.7 Å². The topological polar surface area (TPSA) is 84.7 Å². The molecule has 0 unspecified atom stereocenters. The first-order valence-electron chi connectivity index (χ1n) is 7.53. The molecule has 24 heavy (non-hydrogen) atoms. The number of carbonyl (C=O) groups is 1. The van der Waals surface area contributed by atoms with E-state index in [4.69, 9.17) is 11.0 Å². The molecular formula is C19H16N4O. The Bertz CT molecular complexity index is 904. The fourth-order valence-corrected chi connectivity index (χ4v) is 2.63. The van der Waals surface area contributed by atoms with Crippen LogP contribution in [0.5, 0.6) is 0 Å². The van der Waals surface area contributed by atoms with Crippen molar-refractivity contribution in [3.8, 4) is 6.07 Å². The largest absolute Gasteiger partial charge is 0.366 e. The average Bonchev–Trinajstić information content (AvgIpc) is 3.03. The third kappa shape index (κ3) is 3.33. The van der Waals surface area contributed by atoms with Gasteiger partial charge in [0.25, 0.3) is 0 Å². The van der Waals surface area contributed by atoms with Gasteiger partial charge >= 0.3 is 0 Å². The van der Waals surface area contributed by atoms with Crippen molar-refractivity contribution in [1.29, 1.82) is 5.26 Å². The highest BCUT2D eigenvalue weighted by molar-refractivity contribution is 5.94. The minimum absolute atomic E-state index is 0.427. The number of benzene rings is 2. The average molecular weight is 316 g/mol. The number of aromatic nitrogens is 2. The Kier molecular flexibility index (Phi) is 4.39. The summed E-state index contributed by atoms with van der Waals surface area (Å²) in [6.45, 7) is 0.653. The highest BCUT2D eigenvalue weighted by Crippen LogP contribution is 2.15. The van der Waals surface area contributed by atoms with E-state index in [-0.39, 0.29) is 0 Å². The molecule has 0 fully saturated rings. The van der Waals surface area contributed by atoms with E-state index in [0.29, 0.717) is 24.1 Å². The molecule has 0 aliphatic heterocycles. The number of imidazole rings is 1. The van der Waals surface area contributed by atoms with Gasteiger partial charge in [-0.25, -0.2) is 4.98 Å². The Morgan fingerprint density at radius 1 is 1.17 bits per heavy atom. The van der Waals surface area contributed by atoms with Gasteiger partial charge in [0, 0.05) is 30.4 Å². The van der Waals surface area contributed by atoms with Crippen LogP contribution in [0, 0.1) is 11.3 Å². The van der Waals surface area contributed by atoms with Crippen molar-refractivity contribution >= 4 is 5.91 Å². The zero-order valence-electron chi connectivity index (χ0n) is 13.0. The first kappa shape index (κ1) is 15.5. The molecule has 0 spiro atoms. The summed E-state index contributed by atoms with van der Waals surface area (Å²) in [6, 6.07) is 16.9. The summed E-state index contributed by atoms with van der Waals surface area (Å²) in [5, 5.41) is 8.86. The molecule has 0 saturated heterocycles. The highest BCUT2D eigenvalue weighted by atomic mass is 16.1. The van der Waals surface area contributed by atoms with E-state index in [9.17, 15) is 4.79 Å². The number of rotatable bonds is 5. The van der Waals surface area contributed by atoms with Crippen LogP contribution < -0.4 is 5.73 Å². The zero-order valence-corrected chi connectivity index (χ0v) is 13.0. The van der Waals surface area contributed by atoms with E-state index in [1.54, 1.807) is 36.8 Å². The van der Waals surface area contributed by atoms with Gasteiger partial charge in [-0.3, -0.25) is 4.79 Å². The molecule has 3 aromatic rings. The van der Waals surface area contributed by atoms with Crippen LogP contribution in [-0.4, -0.2) is 15.5 Å². The van der Waals surface area contributed by atoms with Crippen LogP contribution in [0.4, 0.5) is 0 Å². The third-order valence-electron chi connectivity index (χ3n) is 3.89. The maximum atomic E-state index is 11.6. The van der Waals surface area contributed by atoms with Crippen molar-refractivity contribution in [1.82, 2.24) is 9.55 Å². The quantitative estimate of drug-likeness (QED) is 0.784. The number of amides is 1. The molecule has 0 saturated carbocycles. The molecule has 1 amide bonds. The van der Waals surface area contributed by atoms with Crippen LogP contribution in [0.2, 0.25) is 0 Å². The lowest BCUT2D eigenvalue weighted by atomic mass is 10.0. The molecule has 118 valence electrons. The summed E-state index contributed by atoms with van der Waals surface area (Å²) in [7, 11) is 0. The predicted molar refractivity (Wildman–Crippen MR) is 90.3 cm³/mol. The molecule has 0 atom stereocenters. The Hall–Kier alpha value is -3.39. The third-order valence-corrected chi connectivity index (χ3v) is 3.89. The first-order chi connectivity index (χ1) is 11.7. The van der Waals surface area contributed by atoms with Gasteiger partial charge in [0.1, 0.15) is 0 Å². The van der Waals surface area contributed by atoms with Crippen LogP contribution in [-0.2, 0) is 13.0 Å². The maximum Gasteiger partial charge on any atom is 0.248 e. The van der Waals surface area contributed by atoms with Gasteiger partial charge in [0.15, 0.2) is 0 Å². The van der Waals surface area contributed by atoms with Crippen LogP contribution in [0.25, 0.3) is 0 Å². The van der Waals surface area contributed by atoms with Gasteiger partial charge in [0.2, 0.25) is 5.91 Å². The smallest absolute Gasteiger partial charge is 0.248 e. The van der Waals surface area contributed by atoms with E-state index >= 15 is 0 Å². The molecule has 1 heterocycles. The molecule has 5 nitrogen and oxygen atoms in total. The summed E-state index contributed by atoms with van der Waals surface area (Å²) in [4.78, 5) is 15.8. The van der Waals surface area contributed by atoms with Gasteiger partial charge < -0.3 is 10.3 Å². The number of primary amides is 1. The van der Waals surface area contributed by atoms with Crippen molar-refractivity contribution in [2.75, 3.05) is 0 Å². The Morgan fingerprint density at radius 3 is 2.62 bits per heavy atom. The van der Waals surface area contributed by atoms with Gasteiger partial charge in [-0.05, 0) is 29.3 Å². The second kappa shape index (κ2) is 6.80. The van der Waals surface area contributed by atoms with Gasteiger partial charge in [-0.1, -0.05) is 30.3 Å². The van der Waals surface area contributed by atoms with Crippen molar-refractivity contribution in [2.45, 2.75) is 13.0 Å². The minimum atomic E-state index is -0.427. The minimum Gasteiger partial charge on any atom is -0.366 e. The van der Waals surface area contributed by atoms with Crippen molar-refractivity contribution in [3.63, 3.8) is 0 Å². The molecular weight excluding hydrogens is 300 g/mol.